The van der Waals surface area contributed by atoms with Gasteiger partial charge in [-0.1, -0.05) is 51.9 Å². The van der Waals surface area contributed by atoms with Crippen LogP contribution >= 0.6 is 0 Å². The SMILES string of the molecule is CCCCCCC1(CC(=O)OCC)CCCCC1. The minimum atomic E-state index is 0.0230. The molecule has 1 rings (SSSR count). The standard InChI is InChI=1S/C16H30O2/c1-3-5-6-8-11-16(12-9-7-10-13-16)14-15(17)18-4-2/h3-14H2,1-2H3. The van der Waals surface area contributed by atoms with Crippen LogP contribution in [-0.4, -0.2) is 12.6 Å². The van der Waals surface area contributed by atoms with Crippen LogP contribution in [0.15, 0.2) is 0 Å². The Kier molecular flexibility index (Phi) is 7.38. The summed E-state index contributed by atoms with van der Waals surface area (Å²) in [5, 5.41) is 0. The molecule has 106 valence electrons. The normalized spacial score (nSPS) is 18.6. The van der Waals surface area contributed by atoms with Crippen LogP contribution in [0.3, 0.4) is 0 Å². The summed E-state index contributed by atoms with van der Waals surface area (Å²) < 4.78 is 5.16. The van der Waals surface area contributed by atoms with Crippen molar-refractivity contribution in [3.8, 4) is 0 Å². The molecule has 0 amide bonds. The second kappa shape index (κ2) is 8.55. The third-order valence-corrected chi connectivity index (χ3v) is 4.30. The van der Waals surface area contributed by atoms with E-state index in [4.69, 9.17) is 4.74 Å². The number of rotatable bonds is 8. The van der Waals surface area contributed by atoms with Crippen LogP contribution in [0.4, 0.5) is 0 Å². The van der Waals surface area contributed by atoms with Gasteiger partial charge >= 0.3 is 5.97 Å². The largest absolute Gasteiger partial charge is 0.466 e. The first-order chi connectivity index (χ1) is 8.72. The van der Waals surface area contributed by atoms with Crippen LogP contribution in [-0.2, 0) is 9.53 Å². The van der Waals surface area contributed by atoms with Gasteiger partial charge < -0.3 is 4.74 Å². The Morgan fingerprint density at radius 1 is 1.06 bits per heavy atom. The Balaban J connectivity index is 2.43. The van der Waals surface area contributed by atoms with Gasteiger partial charge in [0.1, 0.15) is 0 Å². The maximum absolute atomic E-state index is 11.8. The number of hydrogen-bond donors (Lipinski definition) is 0. The van der Waals surface area contributed by atoms with Crippen LogP contribution in [0.25, 0.3) is 0 Å². The van der Waals surface area contributed by atoms with Crippen LogP contribution in [0, 0.1) is 5.41 Å². The van der Waals surface area contributed by atoms with Crippen LogP contribution in [0.2, 0.25) is 0 Å². The third kappa shape index (κ3) is 5.41. The fourth-order valence-corrected chi connectivity index (χ4v) is 3.26. The number of carbonyl (C=O) groups excluding carboxylic acids is 1. The van der Waals surface area contributed by atoms with E-state index in [1.54, 1.807) is 0 Å². The third-order valence-electron chi connectivity index (χ3n) is 4.30. The van der Waals surface area contributed by atoms with Gasteiger partial charge in [-0.25, -0.2) is 0 Å². The van der Waals surface area contributed by atoms with Gasteiger partial charge in [-0.2, -0.15) is 0 Å². The molecule has 0 atom stereocenters. The van der Waals surface area contributed by atoms with Crippen LogP contribution < -0.4 is 0 Å². The number of esters is 1. The van der Waals surface area contributed by atoms with Gasteiger partial charge in [-0.3, -0.25) is 4.79 Å². The highest BCUT2D eigenvalue weighted by Gasteiger charge is 2.34. The molecule has 2 heteroatoms. The fraction of sp³-hybridized carbons (Fsp3) is 0.938. The van der Waals surface area contributed by atoms with Crippen molar-refractivity contribution in [1.29, 1.82) is 0 Å². The molecule has 1 aliphatic rings. The molecule has 0 aromatic carbocycles. The summed E-state index contributed by atoms with van der Waals surface area (Å²) in [5.74, 6) is 0.0230. The molecule has 0 aromatic rings. The Morgan fingerprint density at radius 2 is 1.78 bits per heavy atom. The zero-order valence-electron chi connectivity index (χ0n) is 12.3. The van der Waals surface area contributed by atoms with Crippen LogP contribution in [0.5, 0.6) is 0 Å². The van der Waals surface area contributed by atoms with Gasteiger partial charge in [0, 0.05) is 0 Å². The second-order valence-corrected chi connectivity index (χ2v) is 5.85. The van der Waals surface area contributed by atoms with Crippen molar-refractivity contribution < 1.29 is 9.53 Å². The van der Waals surface area contributed by atoms with Gasteiger partial charge in [-0.15, -0.1) is 0 Å². The lowest BCUT2D eigenvalue weighted by atomic mass is 9.69. The van der Waals surface area contributed by atoms with Gasteiger partial charge in [0.05, 0.1) is 13.0 Å². The highest BCUT2D eigenvalue weighted by Crippen LogP contribution is 2.43. The molecular formula is C16H30O2. The van der Waals surface area contributed by atoms with E-state index in [1.165, 1.54) is 64.2 Å². The minimum absolute atomic E-state index is 0.0230. The number of ether oxygens (including phenoxy) is 1. The van der Waals surface area contributed by atoms with E-state index in [2.05, 4.69) is 6.92 Å². The van der Waals surface area contributed by atoms with Crippen molar-refractivity contribution in [3.63, 3.8) is 0 Å². The Hall–Kier alpha value is -0.530. The lowest BCUT2D eigenvalue weighted by Crippen LogP contribution is -2.28. The van der Waals surface area contributed by atoms with E-state index in [0.29, 0.717) is 13.0 Å². The van der Waals surface area contributed by atoms with E-state index >= 15 is 0 Å². The first-order valence-electron chi connectivity index (χ1n) is 7.88. The molecule has 0 aliphatic heterocycles. The monoisotopic (exact) mass is 254 g/mol. The quantitative estimate of drug-likeness (QED) is 0.456. The second-order valence-electron chi connectivity index (χ2n) is 5.85. The maximum Gasteiger partial charge on any atom is 0.306 e. The van der Waals surface area contributed by atoms with Crippen molar-refractivity contribution in [1.82, 2.24) is 0 Å². The average Bonchev–Trinajstić information content (AvgIpc) is 2.36. The van der Waals surface area contributed by atoms with Crippen molar-refractivity contribution >= 4 is 5.97 Å². The Labute approximate surface area is 112 Å². The molecule has 18 heavy (non-hydrogen) atoms. The first-order valence-corrected chi connectivity index (χ1v) is 7.88. The fourth-order valence-electron chi connectivity index (χ4n) is 3.26. The molecule has 0 spiro atoms. The molecule has 0 heterocycles. The lowest BCUT2D eigenvalue weighted by Gasteiger charge is -2.36. The zero-order chi connectivity index (χ0) is 13.3. The van der Waals surface area contributed by atoms with E-state index in [9.17, 15) is 4.79 Å². The van der Waals surface area contributed by atoms with E-state index < -0.39 is 0 Å². The van der Waals surface area contributed by atoms with E-state index in [-0.39, 0.29) is 11.4 Å². The summed E-state index contributed by atoms with van der Waals surface area (Å²) in [4.78, 5) is 11.8. The molecule has 0 unspecified atom stereocenters. The summed E-state index contributed by atoms with van der Waals surface area (Å²) in [6.45, 7) is 4.66. The van der Waals surface area contributed by atoms with Crippen molar-refractivity contribution in [3.05, 3.63) is 0 Å². The van der Waals surface area contributed by atoms with Gasteiger partial charge in [-0.05, 0) is 31.6 Å². The highest BCUT2D eigenvalue weighted by atomic mass is 16.5. The molecule has 0 N–H and O–H groups in total. The highest BCUT2D eigenvalue weighted by molar-refractivity contribution is 5.70. The predicted molar refractivity (Wildman–Crippen MR) is 75.5 cm³/mol. The van der Waals surface area contributed by atoms with Crippen LogP contribution in [0.1, 0.15) is 84.5 Å². The summed E-state index contributed by atoms with van der Waals surface area (Å²) in [6, 6.07) is 0. The summed E-state index contributed by atoms with van der Waals surface area (Å²) in [6.07, 6.45) is 13.5. The number of carbonyl (C=O) groups is 1. The molecule has 1 fully saturated rings. The molecule has 0 saturated heterocycles. The smallest absolute Gasteiger partial charge is 0.306 e. The summed E-state index contributed by atoms with van der Waals surface area (Å²) >= 11 is 0. The zero-order valence-corrected chi connectivity index (χ0v) is 12.3. The van der Waals surface area contributed by atoms with Gasteiger partial charge in [0.2, 0.25) is 0 Å². The lowest BCUT2D eigenvalue weighted by molar-refractivity contribution is -0.146. The predicted octanol–water partition coefficient (Wildman–Crippen LogP) is 4.86. The Bertz CT molecular complexity index is 229. The summed E-state index contributed by atoms with van der Waals surface area (Å²) in [7, 11) is 0. The molecule has 0 aromatic heterocycles. The average molecular weight is 254 g/mol. The van der Waals surface area contributed by atoms with E-state index in [1.807, 2.05) is 6.92 Å². The molecule has 1 aliphatic carbocycles. The molecule has 0 radical (unpaired) electrons. The maximum atomic E-state index is 11.8. The summed E-state index contributed by atoms with van der Waals surface area (Å²) in [5.41, 5.74) is 0.276. The number of unbranched alkanes of at least 4 members (excludes halogenated alkanes) is 3. The molecule has 1 saturated carbocycles. The topological polar surface area (TPSA) is 26.3 Å². The first kappa shape index (κ1) is 15.5. The molecular weight excluding hydrogens is 224 g/mol. The van der Waals surface area contributed by atoms with Crippen molar-refractivity contribution in [2.45, 2.75) is 84.5 Å². The number of hydrogen-bond acceptors (Lipinski definition) is 2. The molecule has 2 nitrogen and oxygen atoms in total. The molecule has 0 bridgehead atoms. The van der Waals surface area contributed by atoms with Crippen molar-refractivity contribution in [2.24, 2.45) is 5.41 Å². The minimum Gasteiger partial charge on any atom is -0.466 e. The van der Waals surface area contributed by atoms with Gasteiger partial charge in [0.15, 0.2) is 0 Å². The van der Waals surface area contributed by atoms with Crippen molar-refractivity contribution in [2.75, 3.05) is 6.61 Å². The Morgan fingerprint density at radius 3 is 2.39 bits per heavy atom. The van der Waals surface area contributed by atoms with Gasteiger partial charge in [0.25, 0.3) is 0 Å². The van der Waals surface area contributed by atoms with E-state index in [0.717, 1.165) is 0 Å².